The lowest BCUT2D eigenvalue weighted by Gasteiger charge is -2.30. The molecule has 136 valence electrons. The third-order valence-electron chi connectivity index (χ3n) is 4.42. The Bertz CT molecular complexity index is 508. The number of aromatic nitrogens is 2. The van der Waals surface area contributed by atoms with Gasteiger partial charge < -0.3 is 15.5 Å². The normalized spacial score (nSPS) is 17.5. The van der Waals surface area contributed by atoms with Crippen molar-refractivity contribution >= 4 is 5.96 Å². The van der Waals surface area contributed by atoms with Crippen molar-refractivity contribution in [3.63, 3.8) is 0 Å². The number of likely N-dealkylation sites (tertiary alicyclic amines) is 1. The summed E-state index contributed by atoms with van der Waals surface area (Å²) >= 11 is 0. The Hall–Kier alpha value is -1.70. The summed E-state index contributed by atoms with van der Waals surface area (Å²) in [6.07, 6.45) is 6.25. The summed E-state index contributed by atoms with van der Waals surface area (Å²) in [5.41, 5.74) is 0. The summed E-state index contributed by atoms with van der Waals surface area (Å²) in [4.78, 5) is 10.5. The molecule has 1 aliphatic heterocycles. The number of nitrogens with one attached hydrogen (secondary N) is 2. The number of guanidine groups is 1. The minimum atomic E-state index is -2.58. The van der Waals surface area contributed by atoms with Crippen molar-refractivity contribution in [2.45, 2.75) is 39.3 Å². The van der Waals surface area contributed by atoms with Gasteiger partial charge in [0, 0.05) is 26.0 Å². The van der Waals surface area contributed by atoms with E-state index in [9.17, 15) is 8.78 Å². The molecule has 0 radical (unpaired) electrons. The molecule has 0 spiro atoms. The van der Waals surface area contributed by atoms with E-state index < -0.39 is 6.55 Å². The molecule has 0 atom stereocenters. The average molecular weight is 342 g/mol. The molecule has 0 amide bonds. The number of hydrogen-bond donors (Lipinski definition) is 2. The minimum Gasteiger partial charge on any atom is -0.356 e. The lowest BCUT2D eigenvalue weighted by atomic mass is 9.99. The van der Waals surface area contributed by atoms with Crippen LogP contribution in [0, 0.1) is 5.92 Å². The second-order valence-corrected chi connectivity index (χ2v) is 6.26. The predicted octanol–water partition coefficient (Wildman–Crippen LogP) is 2.07. The molecule has 2 rings (SSSR count). The smallest absolute Gasteiger partial charge is 0.319 e. The van der Waals surface area contributed by atoms with Crippen molar-refractivity contribution < 1.29 is 8.78 Å². The van der Waals surface area contributed by atoms with Crippen molar-refractivity contribution in [2.75, 3.05) is 33.2 Å². The Morgan fingerprint density at radius 3 is 2.79 bits per heavy atom. The highest BCUT2D eigenvalue weighted by Gasteiger charge is 2.15. The van der Waals surface area contributed by atoms with Gasteiger partial charge in [-0.15, -0.1) is 0 Å². The molecule has 0 aromatic carbocycles. The van der Waals surface area contributed by atoms with E-state index in [4.69, 9.17) is 0 Å². The molecular formula is C16H28F2N6. The molecule has 0 unspecified atom stereocenters. The minimum absolute atomic E-state index is 0.209. The molecule has 0 aliphatic carbocycles. The van der Waals surface area contributed by atoms with E-state index in [0.29, 0.717) is 5.96 Å². The fourth-order valence-electron chi connectivity index (χ4n) is 2.84. The fraction of sp³-hybridized carbons (Fsp3) is 0.750. The highest BCUT2D eigenvalue weighted by Crippen LogP contribution is 2.15. The van der Waals surface area contributed by atoms with Crippen LogP contribution in [0.15, 0.2) is 17.4 Å². The maximum absolute atomic E-state index is 12.8. The largest absolute Gasteiger partial charge is 0.356 e. The summed E-state index contributed by atoms with van der Waals surface area (Å²) in [6.45, 7) is 4.19. The molecule has 24 heavy (non-hydrogen) atoms. The first-order chi connectivity index (χ1) is 11.6. The number of halogens is 2. The number of hydrogen-bond acceptors (Lipinski definition) is 3. The zero-order valence-corrected chi connectivity index (χ0v) is 14.5. The lowest BCUT2D eigenvalue weighted by Crippen LogP contribution is -2.39. The first-order valence-corrected chi connectivity index (χ1v) is 8.57. The van der Waals surface area contributed by atoms with Crippen LogP contribution in [0.5, 0.6) is 0 Å². The lowest BCUT2D eigenvalue weighted by molar-refractivity contribution is 0.0668. The first-order valence-electron chi connectivity index (χ1n) is 8.57. The molecule has 2 N–H and O–H groups in total. The summed E-state index contributed by atoms with van der Waals surface area (Å²) in [5, 5.41) is 6.24. The molecule has 1 aromatic rings. The quantitative estimate of drug-likeness (QED) is 0.452. The number of aliphatic imine (C=N–C) groups is 1. The molecule has 1 aliphatic rings. The van der Waals surface area contributed by atoms with Gasteiger partial charge in [-0.2, -0.15) is 8.78 Å². The SMILES string of the molecule is CN=C(NCCCN1CCC(C)CC1)NCc1nccn1C(F)F. The van der Waals surface area contributed by atoms with E-state index in [2.05, 4.69) is 32.4 Å². The molecule has 2 heterocycles. The highest BCUT2D eigenvalue weighted by molar-refractivity contribution is 5.79. The molecular weight excluding hydrogens is 314 g/mol. The van der Waals surface area contributed by atoms with Gasteiger partial charge in [-0.1, -0.05) is 6.92 Å². The van der Waals surface area contributed by atoms with E-state index in [0.717, 1.165) is 30.0 Å². The van der Waals surface area contributed by atoms with E-state index in [1.54, 1.807) is 7.05 Å². The van der Waals surface area contributed by atoms with Gasteiger partial charge in [0.05, 0.1) is 6.54 Å². The van der Waals surface area contributed by atoms with E-state index in [1.807, 2.05) is 0 Å². The van der Waals surface area contributed by atoms with Crippen molar-refractivity contribution in [1.29, 1.82) is 0 Å². The standard InChI is InChI=1S/C16H28F2N6/c1-13-4-9-23(10-5-13)8-3-6-21-16(19-2)22-12-14-20-7-11-24(14)15(17)18/h7,11,13,15H,3-6,8-10,12H2,1-2H3,(H2,19,21,22). The maximum Gasteiger partial charge on any atom is 0.319 e. The Kier molecular flexibility index (Phi) is 7.42. The van der Waals surface area contributed by atoms with Crippen LogP contribution in [0.3, 0.4) is 0 Å². The van der Waals surface area contributed by atoms with Crippen LogP contribution in [-0.4, -0.2) is 53.6 Å². The van der Waals surface area contributed by atoms with Crippen molar-refractivity contribution in [3.05, 3.63) is 18.2 Å². The molecule has 0 saturated carbocycles. The van der Waals surface area contributed by atoms with Crippen molar-refractivity contribution in [2.24, 2.45) is 10.9 Å². The number of imidazole rings is 1. The van der Waals surface area contributed by atoms with Crippen LogP contribution in [0.2, 0.25) is 0 Å². The topological polar surface area (TPSA) is 57.5 Å². The first kappa shape index (κ1) is 18.6. The number of alkyl halides is 2. The van der Waals surface area contributed by atoms with E-state index in [-0.39, 0.29) is 12.4 Å². The summed E-state index contributed by atoms with van der Waals surface area (Å²) in [5.74, 6) is 1.74. The van der Waals surface area contributed by atoms with Crippen molar-refractivity contribution in [1.82, 2.24) is 25.1 Å². The molecule has 8 heteroatoms. The number of piperidine rings is 1. The van der Waals surface area contributed by atoms with E-state index in [1.165, 1.54) is 38.3 Å². The molecule has 1 saturated heterocycles. The van der Waals surface area contributed by atoms with Crippen LogP contribution in [0.4, 0.5) is 8.78 Å². The summed E-state index contributed by atoms with van der Waals surface area (Å²) in [7, 11) is 1.67. The zero-order chi connectivity index (χ0) is 17.4. The molecule has 6 nitrogen and oxygen atoms in total. The third-order valence-corrected chi connectivity index (χ3v) is 4.42. The second kappa shape index (κ2) is 9.56. The Morgan fingerprint density at radius 2 is 2.12 bits per heavy atom. The Morgan fingerprint density at radius 1 is 1.38 bits per heavy atom. The number of rotatable bonds is 7. The van der Waals surface area contributed by atoms with Gasteiger partial charge in [0.2, 0.25) is 0 Å². The van der Waals surface area contributed by atoms with Gasteiger partial charge in [0.25, 0.3) is 0 Å². The summed E-state index contributed by atoms with van der Waals surface area (Å²) in [6, 6.07) is 0. The summed E-state index contributed by atoms with van der Waals surface area (Å²) < 4.78 is 26.4. The Labute approximate surface area is 142 Å². The average Bonchev–Trinajstić information content (AvgIpc) is 3.04. The number of nitrogens with zero attached hydrogens (tertiary/aromatic N) is 4. The zero-order valence-electron chi connectivity index (χ0n) is 14.5. The van der Waals surface area contributed by atoms with Crippen LogP contribution in [0.25, 0.3) is 0 Å². The van der Waals surface area contributed by atoms with Gasteiger partial charge >= 0.3 is 6.55 Å². The van der Waals surface area contributed by atoms with Crippen LogP contribution >= 0.6 is 0 Å². The Balaban J connectivity index is 1.64. The van der Waals surface area contributed by atoms with Gasteiger partial charge in [-0.05, 0) is 44.8 Å². The van der Waals surface area contributed by atoms with Crippen molar-refractivity contribution in [3.8, 4) is 0 Å². The maximum atomic E-state index is 12.8. The molecule has 1 aromatic heterocycles. The van der Waals surface area contributed by atoms with Gasteiger partial charge in [0.1, 0.15) is 5.82 Å². The molecule has 1 fully saturated rings. The van der Waals surface area contributed by atoms with Crippen LogP contribution in [-0.2, 0) is 6.54 Å². The van der Waals surface area contributed by atoms with Crippen LogP contribution < -0.4 is 10.6 Å². The fourth-order valence-corrected chi connectivity index (χ4v) is 2.84. The van der Waals surface area contributed by atoms with Gasteiger partial charge in [-0.3, -0.25) is 9.56 Å². The van der Waals surface area contributed by atoms with Gasteiger partial charge in [0.15, 0.2) is 5.96 Å². The predicted molar refractivity (Wildman–Crippen MR) is 91.1 cm³/mol. The molecule has 0 bridgehead atoms. The van der Waals surface area contributed by atoms with Gasteiger partial charge in [-0.25, -0.2) is 4.98 Å². The van der Waals surface area contributed by atoms with E-state index >= 15 is 0 Å². The van der Waals surface area contributed by atoms with Crippen LogP contribution in [0.1, 0.15) is 38.6 Å². The third kappa shape index (κ3) is 5.74. The second-order valence-electron chi connectivity index (χ2n) is 6.26. The highest BCUT2D eigenvalue weighted by atomic mass is 19.3. The monoisotopic (exact) mass is 342 g/mol.